The summed E-state index contributed by atoms with van der Waals surface area (Å²) in [6, 6.07) is 0. The molecule has 1 saturated heterocycles. The first-order valence-corrected chi connectivity index (χ1v) is 5.13. The van der Waals surface area contributed by atoms with Crippen LogP contribution in [-0.4, -0.2) is 23.7 Å². The predicted molar refractivity (Wildman–Crippen MR) is 51.1 cm³/mol. The van der Waals surface area contributed by atoms with Gasteiger partial charge in [0.05, 0.1) is 0 Å². The van der Waals surface area contributed by atoms with E-state index in [1.165, 1.54) is 12.8 Å². The van der Waals surface area contributed by atoms with Crippen LogP contribution in [0.15, 0.2) is 12.7 Å². The van der Waals surface area contributed by atoms with Gasteiger partial charge in [0, 0.05) is 23.7 Å². The molecule has 64 valence electrons. The molecular weight excluding hydrogens is 156 g/mol. The summed E-state index contributed by atoms with van der Waals surface area (Å²) in [5.41, 5.74) is 0. The molecule has 1 atom stereocenters. The molecule has 0 aromatic rings. The van der Waals surface area contributed by atoms with Crippen molar-refractivity contribution in [1.29, 1.82) is 0 Å². The molecule has 1 nitrogen and oxygen atoms in total. The van der Waals surface area contributed by atoms with Crippen LogP contribution in [0.2, 0.25) is 0 Å². The molecule has 0 amide bonds. The number of ether oxygens (including phenoxy) is 1. The fourth-order valence-corrected chi connectivity index (χ4v) is 2.35. The Morgan fingerprint density at radius 1 is 1.55 bits per heavy atom. The third-order valence-corrected chi connectivity index (χ3v) is 3.39. The quantitative estimate of drug-likeness (QED) is 0.605. The van der Waals surface area contributed by atoms with Crippen LogP contribution in [0.4, 0.5) is 0 Å². The molecule has 1 rings (SSSR count). The van der Waals surface area contributed by atoms with Crippen molar-refractivity contribution < 1.29 is 4.74 Å². The van der Waals surface area contributed by atoms with E-state index in [1.54, 1.807) is 0 Å². The monoisotopic (exact) mass is 172 g/mol. The third-order valence-electron chi connectivity index (χ3n) is 1.91. The van der Waals surface area contributed by atoms with Crippen LogP contribution < -0.4 is 0 Å². The normalized spacial score (nSPS) is 23.0. The molecule has 0 saturated carbocycles. The van der Waals surface area contributed by atoms with E-state index in [2.05, 4.69) is 13.5 Å². The van der Waals surface area contributed by atoms with E-state index in [9.17, 15) is 0 Å². The number of hydrogen-bond donors (Lipinski definition) is 0. The lowest BCUT2D eigenvalue weighted by atomic mass is 10.2. The highest BCUT2D eigenvalue weighted by molar-refractivity contribution is 8.00. The van der Waals surface area contributed by atoms with Gasteiger partial charge in [-0.05, 0) is 19.8 Å². The summed E-state index contributed by atoms with van der Waals surface area (Å²) in [5.74, 6) is 0. The summed E-state index contributed by atoms with van der Waals surface area (Å²) in [6.45, 7) is 7.87. The van der Waals surface area contributed by atoms with Gasteiger partial charge in [0.25, 0.3) is 0 Å². The van der Waals surface area contributed by atoms with Gasteiger partial charge in [0.2, 0.25) is 0 Å². The second-order valence-electron chi connectivity index (χ2n) is 2.89. The Bertz CT molecular complexity index is 119. The third kappa shape index (κ3) is 3.30. The van der Waals surface area contributed by atoms with E-state index >= 15 is 0 Å². The number of rotatable bonds is 3. The molecular formula is C9H16OS. The molecule has 11 heavy (non-hydrogen) atoms. The van der Waals surface area contributed by atoms with Crippen LogP contribution in [0, 0.1) is 0 Å². The van der Waals surface area contributed by atoms with Crippen LogP contribution in [0.1, 0.15) is 19.8 Å². The average molecular weight is 172 g/mol. The molecule has 0 aromatic heterocycles. The maximum atomic E-state index is 5.28. The summed E-state index contributed by atoms with van der Waals surface area (Å²) in [5, 5.41) is 1.40. The zero-order chi connectivity index (χ0) is 8.10. The van der Waals surface area contributed by atoms with E-state index in [0.29, 0.717) is 5.25 Å². The fraction of sp³-hybridized carbons (Fsp3) is 0.778. The first-order chi connectivity index (χ1) is 5.33. The highest BCUT2D eigenvalue weighted by Gasteiger charge is 2.15. The molecule has 1 aliphatic rings. The maximum Gasteiger partial charge on any atom is 0.0476 e. The highest BCUT2D eigenvalue weighted by Crippen LogP contribution is 2.26. The van der Waals surface area contributed by atoms with Crippen molar-refractivity contribution in [1.82, 2.24) is 0 Å². The van der Waals surface area contributed by atoms with Gasteiger partial charge in [-0.3, -0.25) is 0 Å². The molecule has 0 bridgehead atoms. The molecule has 1 aliphatic heterocycles. The molecule has 0 spiro atoms. The van der Waals surface area contributed by atoms with Crippen LogP contribution >= 0.6 is 11.8 Å². The summed E-state index contributed by atoms with van der Waals surface area (Å²) in [4.78, 5) is 0. The van der Waals surface area contributed by atoms with Crippen LogP contribution in [0.3, 0.4) is 0 Å². The van der Waals surface area contributed by atoms with E-state index in [-0.39, 0.29) is 0 Å². The van der Waals surface area contributed by atoms with Crippen molar-refractivity contribution in [3.63, 3.8) is 0 Å². The molecule has 0 radical (unpaired) electrons. The Morgan fingerprint density at radius 2 is 2.18 bits per heavy atom. The Labute approximate surface area is 73.2 Å². The van der Waals surface area contributed by atoms with Gasteiger partial charge in [-0.1, -0.05) is 6.08 Å². The Kier molecular flexibility index (Phi) is 4.02. The van der Waals surface area contributed by atoms with Gasteiger partial charge in [-0.2, -0.15) is 11.8 Å². The second kappa shape index (κ2) is 4.83. The van der Waals surface area contributed by atoms with Gasteiger partial charge in [-0.25, -0.2) is 0 Å². The molecule has 1 heterocycles. The van der Waals surface area contributed by atoms with Crippen molar-refractivity contribution in [2.75, 3.05) is 13.2 Å². The predicted octanol–water partition coefficient (Wildman–Crippen LogP) is 2.47. The van der Waals surface area contributed by atoms with E-state index in [4.69, 9.17) is 4.74 Å². The molecule has 0 N–H and O–H groups in total. The van der Waals surface area contributed by atoms with Gasteiger partial charge < -0.3 is 4.74 Å². The van der Waals surface area contributed by atoms with Crippen molar-refractivity contribution in [3.8, 4) is 0 Å². The second-order valence-corrected chi connectivity index (χ2v) is 4.57. The van der Waals surface area contributed by atoms with E-state index in [1.807, 2.05) is 17.8 Å². The highest BCUT2D eigenvalue weighted by atomic mass is 32.2. The molecule has 1 unspecified atom stereocenters. The standard InChI is InChI=1S/C9H16OS/c1-3-8(2)11-9-4-6-10-7-5-9/h3,8-9H,1,4-7H2,2H3. The fourth-order valence-electron chi connectivity index (χ4n) is 1.17. The average Bonchev–Trinajstić information content (AvgIpc) is 2.06. The van der Waals surface area contributed by atoms with Crippen molar-refractivity contribution in [2.45, 2.75) is 30.3 Å². The zero-order valence-electron chi connectivity index (χ0n) is 7.08. The van der Waals surface area contributed by atoms with Crippen LogP contribution in [-0.2, 0) is 4.74 Å². The molecule has 0 aliphatic carbocycles. The lowest BCUT2D eigenvalue weighted by molar-refractivity contribution is 0.1000. The minimum absolute atomic E-state index is 0.595. The van der Waals surface area contributed by atoms with Crippen molar-refractivity contribution in [3.05, 3.63) is 12.7 Å². The molecule has 0 aromatic carbocycles. The largest absolute Gasteiger partial charge is 0.381 e. The van der Waals surface area contributed by atoms with Gasteiger partial charge in [0.15, 0.2) is 0 Å². The molecule has 1 fully saturated rings. The van der Waals surface area contributed by atoms with Gasteiger partial charge in [0.1, 0.15) is 0 Å². The molecule has 2 heteroatoms. The number of thioether (sulfide) groups is 1. The first-order valence-electron chi connectivity index (χ1n) is 4.18. The van der Waals surface area contributed by atoms with Crippen LogP contribution in [0.5, 0.6) is 0 Å². The maximum absolute atomic E-state index is 5.28. The minimum atomic E-state index is 0.595. The minimum Gasteiger partial charge on any atom is -0.381 e. The van der Waals surface area contributed by atoms with Crippen molar-refractivity contribution >= 4 is 11.8 Å². The van der Waals surface area contributed by atoms with E-state index < -0.39 is 0 Å². The summed E-state index contributed by atoms with van der Waals surface area (Å²) in [7, 11) is 0. The van der Waals surface area contributed by atoms with E-state index in [0.717, 1.165) is 18.5 Å². The summed E-state index contributed by atoms with van der Waals surface area (Å²) in [6.07, 6.45) is 4.44. The lowest BCUT2D eigenvalue weighted by Crippen LogP contribution is -2.19. The Hall–Kier alpha value is 0.0500. The van der Waals surface area contributed by atoms with Crippen LogP contribution in [0.25, 0.3) is 0 Å². The van der Waals surface area contributed by atoms with Gasteiger partial charge in [-0.15, -0.1) is 6.58 Å². The lowest BCUT2D eigenvalue weighted by Gasteiger charge is -2.23. The summed E-state index contributed by atoms with van der Waals surface area (Å²) >= 11 is 2.02. The summed E-state index contributed by atoms with van der Waals surface area (Å²) < 4.78 is 5.28. The van der Waals surface area contributed by atoms with Gasteiger partial charge >= 0.3 is 0 Å². The smallest absolute Gasteiger partial charge is 0.0476 e. The zero-order valence-corrected chi connectivity index (χ0v) is 7.90. The topological polar surface area (TPSA) is 9.23 Å². The Balaban J connectivity index is 2.18. The Morgan fingerprint density at radius 3 is 2.73 bits per heavy atom. The SMILES string of the molecule is C=CC(C)SC1CCOCC1. The number of hydrogen-bond acceptors (Lipinski definition) is 2. The van der Waals surface area contributed by atoms with Crippen molar-refractivity contribution in [2.24, 2.45) is 0 Å². The first kappa shape index (κ1) is 9.14.